The van der Waals surface area contributed by atoms with Crippen molar-refractivity contribution in [3.63, 3.8) is 0 Å². The van der Waals surface area contributed by atoms with Crippen LogP contribution in [0, 0.1) is 5.82 Å². The SMILES string of the molecule is CC1(c2cc(C=C(F)c3cnc(OCCn4cc(Br)cn4)cn3)ccc2F)CS(=O)(=O)C(C)(C)C(N)=N1. The number of hydrogen-bond donors (Lipinski definition) is 1. The Balaban J connectivity index is 1.52. The van der Waals surface area contributed by atoms with Crippen LogP contribution in [-0.2, 0) is 21.9 Å². The van der Waals surface area contributed by atoms with E-state index < -0.39 is 37.5 Å². The summed E-state index contributed by atoms with van der Waals surface area (Å²) in [6.45, 7) is 5.19. The molecule has 0 spiro atoms. The molecule has 1 aliphatic rings. The molecule has 2 aromatic heterocycles. The summed E-state index contributed by atoms with van der Waals surface area (Å²) in [7, 11) is -3.74. The summed E-state index contributed by atoms with van der Waals surface area (Å²) >= 11 is 3.31. The van der Waals surface area contributed by atoms with Gasteiger partial charge in [-0.2, -0.15) is 5.10 Å². The van der Waals surface area contributed by atoms with Crippen LogP contribution in [0.1, 0.15) is 37.6 Å². The zero-order valence-electron chi connectivity index (χ0n) is 20.3. The Morgan fingerprint density at radius 3 is 2.62 bits per heavy atom. The van der Waals surface area contributed by atoms with Crippen LogP contribution in [0.25, 0.3) is 11.9 Å². The molecule has 0 saturated heterocycles. The number of hydrogen-bond acceptors (Lipinski definition) is 8. The quantitative estimate of drug-likeness (QED) is 0.439. The van der Waals surface area contributed by atoms with E-state index >= 15 is 0 Å². The highest BCUT2D eigenvalue weighted by Crippen LogP contribution is 2.38. The van der Waals surface area contributed by atoms with Gasteiger partial charge in [0.05, 0.1) is 35.4 Å². The molecule has 1 atom stereocenters. The van der Waals surface area contributed by atoms with Gasteiger partial charge < -0.3 is 10.5 Å². The molecule has 0 saturated carbocycles. The lowest BCUT2D eigenvalue weighted by molar-refractivity contribution is 0.279. The smallest absolute Gasteiger partial charge is 0.232 e. The minimum Gasteiger partial charge on any atom is -0.475 e. The van der Waals surface area contributed by atoms with E-state index in [9.17, 15) is 17.2 Å². The van der Waals surface area contributed by atoms with Gasteiger partial charge in [-0.05, 0) is 60.5 Å². The minimum atomic E-state index is -3.74. The number of rotatable bonds is 7. The molecule has 3 aromatic rings. The molecular formula is C24H25BrF2N6O3S. The van der Waals surface area contributed by atoms with E-state index in [0.29, 0.717) is 12.1 Å². The molecule has 0 aliphatic carbocycles. The fourth-order valence-electron chi connectivity index (χ4n) is 3.76. The lowest BCUT2D eigenvalue weighted by Gasteiger charge is -2.38. The van der Waals surface area contributed by atoms with Crippen molar-refractivity contribution in [2.75, 3.05) is 12.4 Å². The maximum absolute atomic E-state index is 14.9. The van der Waals surface area contributed by atoms with E-state index in [1.807, 2.05) is 0 Å². The Hall–Kier alpha value is -3.19. The third-order valence-electron chi connectivity index (χ3n) is 6.14. The predicted octanol–water partition coefficient (Wildman–Crippen LogP) is 3.90. The first-order valence-electron chi connectivity index (χ1n) is 11.2. The molecule has 1 aromatic carbocycles. The van der Waals surface area contributed by atoms with Gasteiger partial charge in [0.15, 0.2) is 15.7 Å². The molecule has 4 rings (SSSR count). The molecule has 13 heteroatoms. The lowest BCUT2D eigenvalue weighted by atomic mass is 9.91. The summed E-state index contributed by atoms with van der Waals surface area (Å²) in [5.74, 6) is -1.72. The van der Waals surface area contributed by atoms with Crippen LogP contribution in [0.3, 0.4) is 0 Å². The summed E-state index contributed by atoms with van der Waals surface area (Å²) in [5.41, 5.74) is 4.73. The third kappa shape index (κ3) is 5.57. The Bertz CT molecular complexity index is 1490. The number of amidine groups is 1. The molecule has 37 heavy (non-hydrogen) atoms. The van der Waals surface area contributed by atoms with Crippen molar-refractivity contribution in [1.29, 1.82) is 0 Å². The maximum atomic E-state index is 14.9. The molecule has 0 radical (unpaired) electrons. The number of halogens is 3. The normalized spacial score (nSPS) is 20.9. The van der Waals surface area contributed by atoms with E-state index in [4.69, 9.17) is 10.5 Å². The van der Waals surface area contributed by atoms with Crippen molar-refractivity contribution in [3.8, 4) is 5.88 Å². The van der Waals surface area contributed by atoms with Crippen LogP contribution < -0.4 is 10.5 Å². The average Bonchev–Trinajstić information content (AvgIpc) is 3.24. The Labute approximate surface area is 221 Å². The number of nitrogens with two attached hydrogens (primary N) is 1. The minimum absolute atomic E-state index is 0.00452. The fraction of sp³-hybridized carbons (Fsp3) is 0.333. The second kappa shape index (κ2) is 9.93. The summed E-state index contributed by atoms with van der Waals surface area (Å²) in [4.78, 5) is 12.5. The summed E-state index contributed by atoms with van der Waals surface area (Å²) < 4.78 is 62.1. The number of nitrogens with zero attached hydrogens (tertiary/aromatic N) is 5. The predicted molar refractivity (Wildman–Crippen MR) is 140 cm³/mol. The lowest BCUT2D eigenvalue weighted by Crippen LogP contribution is -2.55. The standard InChI is InChI=1S/C24H25BrF2N6O3S/c1-23(2)22(28)32-24(3,14-37(23,34)35)17-8-15(4-5-18(17)26)9-19(27)20-11-30-21(12-29-20)36-7-6-33-13-16(25)10-31-33/h4-5,8-13H,6-7,14H2,1-3H3,(H2,28,32). The Kier molecular flexibility index (Phi) is 7.21. The fourth-order valence-corrected chi connectivity index (χ4v) is 5.78. The second-order valence-electron chi connectivity index (χ2n) is 9.28. The van der Waals surface area contributed by atoms with Crippen molar-refractivity contribution in [2.24, 2.45) is 10.7 Å². The van der Waals surface area contributed by atoms with E-state index in [1.54, 1.807) is 17.1 Å². The number of sulfone groups is 1. The molecule has 0 fully saturated rings. The summed E-state index contributed by atoms with van der Waals surface area (Å²) in [6, 6.07) is 3.87. The molecule has 3 heterocycles. The molecule has 1 aliphatic heterocycles. The first-order valence-corrected chi connectivity index (χ1v) is 13.6. The van der Waals surface area contributed by atoms with Crippen LogP contribution >= 0.6 is 15.9 Å². The highest BCUT2D eigenvalue weighted by Gasteiger charge is 2.49. The molecule has 196 valence electrons. The summed E-state index contributed by atoms with van der Waals surface area (Å²) in [6.07, 6.45) is 7.13. The van der Waals surface area contributed by atoms with Gasteiger partial charge in [-0.15, -0.1) is 0 Å². The van der Waals surface area contributed by atoms with E-state index in [0.717, 1.165) is 16.6 Å². The van der Waals surface area contributed by atoms with Crippen molar-refractivity contribution >= 4 is 43.5 Å². The monoisotopic (exact) mass is 594 g/mol. The highest BCUT2D eigenvalue weighted by atomic mass is 79.9. The van der Waals surface area contributed by atoms with E-state index in [2.05, 4.69) is 36.0 Å². The zero-order chi connectivity index (χ0) is 27.0. The van der Waals surface area contributed by atoms with Gasteiger partial charge in [0.1, 0.15) is 34.2 Å². The van der Waals surface area contributed by atoms with Crippen LogP contribution in [0.5, 0.6) is 5.88 Å². The Morgan fingerprint density at radius 2 is 2.00 bits per heavy atom. The summed E-state index contributed by atoms with van der Waals surface area (Å²) in [5, 5.41) is 4.12. The number of aliphatic imine (C=N–C) groups is 1. The highest BCUT2D eigenvalue weighted by molar-refractivity contribution is 9.10. The second-order valence-corrected chi connectivity index (χ2v) is 12.7. The first-order chi connectivity index (χ1) is 17.3. The van der Waals surface area contributed by atoms with Gasteiger partial charge in [-0.1, -0.05) is 6.07 Å². The molecule has 0 bridgehead atoms. The van der Waals surface area contributed by atoms with Gasteiger partial charge in [-0.3, -0.25) is 9.67 Å². The maximum Gasteiger partial charge on any atom is 0.232 e. The zero-order valence-corrected chi connectivity index (χ0v) is 22.7. The molecule has 9 nitrogen and oxygen atoms in total. The Morgan fingerprint density at radius 1 is 1.24 bits per heavy atom. The van der Waals surface area contributed by atoms with Crippen molar-refractivity contribution < 1.29 is 21.9 Å². The topological polar surface area (TPSA) is 125 Å². The van der Waals surface area contributed by atoms with Crippen molar-refractivity contribution in [2.45, 2.75) is 37.6 Å². The van der Waals surface area contributed by atoms with Gasteiger partial charge in [0.2, 0.25) is 5.88 Å². The van der Waals surface area contributed by atoms with Crippen molar-refractivity contribution in [3.05, 3.63) is 70.1 Å². The third-order valence-corrected chi connectivity index (χ3v) is 9.26. The largest absolute Gasteiger partial charge is 0.475 e. The average molecular weight is 595 g/mol. The van der Waals surface area contributed by atoms with E-state index in [-0.39, 0.29) is 29.6 Å². The van der Waals surface area contributed by atoms with Gasteiger partial charge >= 0.3 is 0 Å². The van der Waals surface area contributed by atoms with Gasteiger partial charge in [-0.25, -0.2) is 27.2 Å². The molecule has 2 N–H and O–H groups in total. The van der Waals surface area contributed by atoms with Crippen LogP contribution in [-0.4, -0.2) is 51.1 Å². The number of aromatic nitrogens is 4. The first kappa shape index (κ1) is 26.9. The van der Waals surface area contributed by atoms with Gasteiger partial charge in [0.25, 0.3) is 0 Å². The van der Waals surface area contributed by atoms with Crippen molar-refractivity contribution in [1.82, 2.24) is 19.7 Å². The van der Waals surface area contributed by atoms with Crippen LogP contribution in [0.15, 0.2) is 52.5 Å². The van der Waals surface area contributed by atoms with Gasteiger partial charge in [0, 0.05) is 11.8 Å². The van der Waals surface area contributed by atoms with E-state index in [1.165, 1.54) is 45.3 Å². The van der Waals surface area contributed by atoms with Crippen LogP contribution in [0.4, 0.5) is 8.78 Å². The number of ether oxygens (including phenoxy) is 1. The number of benzene rings is 1. The molecular weight excluding hydrogens is 570 g/mol. The van der Waals surface area contributed by atoms with Crippen LogP contribution in [0.2, 0.25) is 0 Å². The molecule has 1 unspecified atom stereocenters. The molecule has 0 amide bonds.